The summed E-state index contributed by atoms with van der Waals surface area (Å²) in [6.07, 6.45) is 2.77. The van der Waals surface area contributed by atoms with Gasteiger partial charge in [0.15, 0.2) is 0 Å². The molecule has 1 unspecified atom stereocenters. The summed E-state index contributed by atoms with van der Waals surface area (Å²) in [5.74, 6) is 0.748. The van der Waals surface area contributed by atoms with Crippen LogP contribution in [0.3, 0.4) is 0 Å². The molecule has 1 atom stereocenters. The summed E-state index contributed by atoms with van der Waals surface area (Å²) < 4.78 is 13.0. The lowest BCUT2D eigenvalue weighted by Gasteiger charge is -2.42. The highest BCUT2D eigenvalue weighted by Gasteiger charge is 2.38. The number of benzene rings is 1. The Kier molecular flexibility index (Phi) is 3.25. The van der Waals surface area contributed by atoms with Gasteiger partial charge in [-0.3, -0.25) is 4.90 Å². The third-order valence-corrected chi connectivity index (χ3v) is 4.30. The predicted molar refractivity (Wildman–Crippen MR) is 72.4 cm³/mol. The summed E-state index contributed by atoms with van der Waals surface area (Å²) in [5, 5.41) is 0. The fourth-order valence-electron chi connectivity index (χ4n) is 3.05. The van der Waals surface area contributed by atoms with Crippen LogP contribution in [0.1, 0.15) is 19.8 Å². The summed E-state index contributed by atoms with van der Waals surface area (Å²) in [5.41, 5.74) is 1.16. The monoisotopic (exact) mass is 248 g/mol. The molecule has 0 bridgehead atoms. The molecule has 0 spiro atoms. The first-order chi connectivity index (χ1) is 8.78. The second-order valence-electron chi connectivity index (χ2n) is 5.46. The highest BCUT2D eigenvalue weighted by molar-refractivity contribution is 5.47. The van der Waals surface area contributed by atoms with Crippen LogP contribution < -0.4 is 4.90 Å². The maximum absolute atomic E-state index is 13.0. The zero-order valence-corrected chi connectivity index (χ0v) is 11.0. The second kappa shape index (κ2) is 4.88. The van der Waals surface area contributed by atoms with E-state index in [0.717, 1.165) is 37.8 Å². The number of hydrogen-bond donors (Lipinski definition) is 0. The van der Waals surface area contributed by atoms with E-state index in [0.29, 0.717) is 6.04 Å². The average Bonchev–Trinajstić information content (AvgIpc) is 3.23. The highest BCUT2D eigenvalue weighted by Crippen LogP contribution is 2.37. The van der Waals surface area contributed by atoms with Gasteiger partial charge < -0.3 is 4.90 Å². The van der Waals surface area contributed by atoms with Crippen molar-refractivity contribution in [3.8, 4) is 0 Å². The highest BCUT2D eigenvalue weighted by atomic mass is 19.1. The number of likely N-dealkylation sites (N-methyl/N-ethyl adjacent to an activating group) is 1. The molecule has 2 nitrogen and oxygen atoms in total. The van der Waals surface area contributed by atoms with Crippen LogP contribution in [0.2, 0.25) is 0 Å². The molecule has 0 aromatic heterocycles. The number of halogens is 1. The minimum atomic E-state index is -0.148. The lowest BCUT2D eigenvalue weighted by atomic mass is 10.1. The quantitative estimate of drug-likeness (QED) is 0.811. The van der Waals surface area contributed by atoms with Crippen LogP contribution in [0.25, 0.3) is 0 Å². The van der Waals surface area contributed by atoms with Crippen molar-refractivity contribution in [2.75, 3.05) is 31.1 Å². The summed E-state index contributed by atoms with van der Waals surface area (Å²) in [7, 11) is 0. The molecule has 2 fully saturated rings. The van der Waals surface area contributed by atoms with Crippen molar-refractivity contribution >= 4 is 5.69 Å². The molecule has 0 N–H and O–H groups in total. The molecular weight excluding hydrogens is 227 g/mol. The fourth-order valence-corrected chi connectivity index (χ4v) is 3.05. The molecular formula is C15H21FN2. The zero-order chi connectivity index (χ0) is 12.5. The summed E-state index contributed by atoms with van der Waals surface area (Å²) in [6.45, 7) is 6.70. The van der Waals surface area contributed by atoms with Gasteiger partial charge in [-0.15, -0.1) is 0 Å². The SMILES string of the molecule is CCN1CCN(c2ccc(F)cc2)CC1C1CC1. The average molecular weight is 248 g/mol. The Bertz CT molecular complexity index is 399. The molecule has 1 aromatic carbocycles. The van der Waals surface area contributed by atoms with Crippen LogP contribution in [-0.4, -0.2) is 37.1 Å². The third kappa shape index (κ3) is 2.37. The van der Waals surface area contributed by atoms with E-state index in [-0.39, 0.29) is 5.82 Å². The normalized spacial score (nSPS) is 25.4. The van der Waals surface area contributed by atoms with Crippen molar-refractivity contribution in [1.82, 2.24) is 4.90 Å². The van der Waals surface area contributed by atoms with Crippen LogP contribution in [0.4, 0.5) is 10.1 Å². The van der Waals surface area contributed by atoms with E-state index >= 15 is 0 Å². The maximum Gasteiger partial charge on any atom is 0.123 e. The lowest BCUT2D eigenvalue weighted by molar-refractivity contribution is 0.166. The van der Waals surface area contributed by atoms with E-state index in [9.17, 15) is 4.39 Å². The van der Waals surface area contributed by atoms with Gasteiger partial charge >= 0.3 is 0 Å². The largest absolute Gasteiger partial charge is 0.369 e. The molecule has 1 aliphatic heterocycles. The molecule has 3 heteroatoms. The lowest BCUT2D eigenvalue weighted by Crippen LogP contribution is -2.54. The Labute approximate surface area is 108 Å². The Morgan fingerprint density at radius 2 is 1.89 bits per heavy atom. The topological polar surface area (TPSA) is 6.48 Å². The molecule has 0 radical (unpaired) electrons. The smallest absolute Gasteiger partial charge is 0.123 e. The Balaban J connectivity index is 1.72. The molecule has 98 valence electrons. The molecule has 1 aliphatic carbocycles. The standard InChI is InChI=1S/C15H21FN2/c1-2-17-9-10-18(11-15(17)12-3-4-12)14-7-5-13(16)6-8-14/h5-8,12,15H,2-4,9-11H2,1H3. The van der Waals surface area contributed by atoms with Gasteiger partial charge in [0.2, 0.25) is 0 Å². The first-order valence-corrected chi connectivity index (χ1v) is 7.02. The number of anilines is 1. The predicted octanol–water partition coefficient (Wildman–Crippen LogP) is 2.75. The van der Waals surface area contributed by atoms with Gasteiger partial charge in [0, 0.05) is 31.4 Å². The van der Waals surface area contributed by atoms with Crippen LogP contribution in [0, 0.1) is 11.7 Å². The number of piperazine rings is 1. The summed E-state index contributed by atoms with van der Waals surface area (Å²) in [4.78, 5) is 5.02. The minimum absolute atomic E-state index is 0.148. The van der Waals surface area contributed by atoms with Gasteiger partial charge in [-0.05, 0) is 49.6 Å². The second-order valence-corrected chi connectivity index (χ2v) is 5.46. The van der Waals surface area contributed by atoms with Crippen LogP contribution in [0.5, 0.6) is 0 Å². The first kappa shape index (κ1) is 12.0. The molecule has 1 aromatic rings. The van der Waals surface area contributed by atoms with Gasteiger partial charge in [-0.25, -0.2) is 4.39 Å². The van der Waals surface area contributed by atoms with Crippen LogP contribution in [0.15, 0.2) is 24.3 Å². The summed E-state index contributed by atoms with van der Waals surface area (Å²) in [6, 6.07) is 7.64. The first-order valence-electron chi connectivity index (χ1n) is 7.02. The van der Waals surface area contributed by atoms with Crippen molar-refractivity contribution in [2.45, 2.75) is 25.8 Å². The van der Waals surface area contributed by atoms with Crippen molar-refractivity contribution in [2.24, 2.45) is 5.92 Å². The number of nitrogens with zero attached hydrogens (tertiary/aromatic N) is 2. The van der Waals surface area contributed by atoms with E-state index in [4.69, 9.17) is 0 Å². The van der Waals surface area contributed by atoms with Crippen LogP contribution >= 0.6 is 0 Å². The number of hydrogen-bond acceptors (Lipinski definition) is 2. The Morgan fingerprint density at radius 3 is 2.50 bits per heavy atom. The van der Waals surface area contributed by atoms with Gasteiger partial charge in [-0.1, -0.05) is 6.92 Å². The van der Waals surface area contributed by atoms with Crippen molar-refractivity contribution in [3.05, 3.63) is 30.1 Å². The van der Waals surface area contributed by atoms with Gasteiger partial charge in [0.05, 0.1) is 0 Å². The molecule has 3 rings (SSSR count). The Hall–Kier alpha value is -1.09. The molecule has 0 amide bonds. The molecule has 18 heavy (non-hydrogen) atoms. The number of rotatable bonds is 3. The van der Waals surface area contributed by atoms with Gasteiger partial charge in [-0.2, -0.15) is 0 Å². The molecule has 1 heterocycles. The van der Waals surface area contributed by atoms with Crippen molar-refractivity contribution in [3.63, 3.8) is 0 Å². The van der Waals surface area contributed by atoms with Gasteiger partial charge in [0.25, 0.3) is 0 Å². The van der Waals surface area contributed by atoms with Crippen molar-refractivity contribution in [1.29, 1.82) is 0 Å². The molecule has 1 saturated heterocycles. The maximum atomic E-state index is 13.0. The molecule has 1 saturated carbocycles. The fraction of sp³-hybridized carbons (Fsp3) is 0.600. The van der Waals surface area contributed by atoms with E-state index in [1.54, 1.807) is 12.1 Å². The van der Waals surface area contributed by atoms with Crippen LogP contribution in [-0.2, 0) is 0 Å². The third-order valence-electron chi connectivity index (χ3n) is 4.30. The Morgan fingerprint density at radius 1 is 1.17 bits per heavy atom. The van der Waals surface area contributed by atoms with Crippen molar-refractivity contribution < 1.29 is 4.39 Å². The van der Waals surface area contributed by atoms with E-state index in [2.05, 4.69) is 16.7 Å². The molecule has 2 aliphatic rings. The minimum Gasteiger partial charge on any atom is -0.369 e. The van der Waals surface area contributed by atoms with Gasteiger partial charge in [0.1, 0.15) is 5.82 Å². The van der Waals surface area contributed by atoms with E-state index < -0.39 is 0 Å². The zero-order valence-electron chi connectivity index (χ0n) is 11.0. The van der Waals surface area contributed by atoms with E-state index in [1.165, 1.54) is 12.8 Å². The van der Waals surface area contributed by atoms with E-state index in [1.807, 2.05) is 12.1 Å². The summed E-state index contributed by atoms with van der Waals surface area (Å²) >= 11 is 0.